The number of benzene rings is 2. The normalized spacial score (nSPS) is 11.3. The number of nitrogens with one attached hydrogen (secondary N) is 1. The van der Waals surface area contributed by atoms with Gasteiger partial charge in [0.2, 0.25) is 0 Å². The van der Waals surface area contributed by atoms with E-state index in [1.165, 1.54) is 18.4 Å². The van der Waals surface area contributed by atoms with E-state index in [9.17, 15) is 4.79 Å². The molecule has 23 heavy (non-hydrogen) atoms. The highest BCUT2D eigenvalue weighted by molar-refractivity contribution is 6.04. The number of carbonyl (C=O) groups is 1. The predicted octanol–water partition coefficient (Wildman–Crippen LogP) is 5.62. The molecule has 0 aliphatic heterocycles. The standard InChI is InChI=1S/C21H27NO/c1-5-12-21(3,4)15-17-9-7-10-18(14-17)20(23)22-19-11-6-8-16(2)13-19/h6-11,13-14H,5,12,15H2,1-4H3,(H,22,23). The van der Waals surface area contributed by atoms with Crippen LogP contribution in [0.2, 0.25) is 0 Å². The number of hydrogen-bond donors (Lipinski definition) is 1. The molecule has 0 spiro atoms. The molecule has 2 heteroatoms. The maximum absolute atomic E-state index is 12.5. The quantitative estimate of drug-likeness (QED) is 0.737. The highest BCUT2D eigenvalue weighted by atomic mass is 16.1. The second kappa shape index (κ2) is 7.45. The molecule has 0 fully saturated rings. The molecule has 0 aliphatic rings. The molecule has 0 aliphatic carbocycles. The largest absolute Gasteiger partial charge is 0.322 e. The van der Waals surface area contributed by atoms with E-state index in [0.29, 0.717) is 0 Å². The number of aryl methyl sites for hydroxylation is 1. The molecule has 0 atom stereocenters. The van der Waals surface area contributed by atoms with Crippen molar-refractivity contribution < 1.29 is 4.79 Å². The molecular formula is C21H27NO. The van der Waals surface area contributed by atoms with Gasteiger partial charge in [0, 0.05) is 11.3 Å². The summed E-state index contributed by atoms with van der Waals surface area (Å²) in [6.45, 7) is 8.81. The molecule has 0 unspecified atom stereocenters. The second-order valence-corrected chi connectivity index (χ2v) is 7.11. The lowest BCUT2D eigenvalue weighted by molar-refractivity contribution is 0.102. The summed E-state index contributed by atoms with van der Waals surface area (Å²) in [6, 6.07) is 15.8. The maximum atomic E-state index is 12.5. The van der Waals surface area contributed by atoms with Gasteiger partial charge < -0.3 is 5.32 Å². The lowest BCUT2D eigenvalue weighted by Crippen LogP contribution is -2.16. The smallest absolute Gasteiger partial charge is 0.255 e. The lowest BCUT2D eigenvalue weighted by atomic mass is 9.81. The van der Waals surface area contributed by atoms with E-state index in [1.807, 2.05) is 49.4 Å². The monoisotopic (exact) mass is 309 g/mol. The zero-order chi connectivity index (χ0) is 16.9. The third kappa shape index (κ3) is 5.24. The topological polar surface area (TPSA) is 29.1 Å². The van der Waals surface area contributed by atoms with Crippen LogP contribution in [0.3, 0.4) is 0 Å². The van der Waals surface area contributed by atoms with Gasteiger partial charge in [0.15, 0.2) is 0 Å². The van der Waals surface area contributed by atoms with Gasteiger partial charge in [-0.25, -0.2) is 0 Å². The Balaban J connectivity index is 2.11. The first-order chi connectivity index (χ1) is 10.9. The molecule has 2 nitrogen and oxygen atoms in total. The van der Waals surface area contributed by atoms with Gasteiger partial charge in [0.25, 0.3) is 5.91 Å². The summed E-state index contributed by atoms with van der Waals surface area (Å²) < 4.78 is 0. The fraction of sp³-hybridized carbons (Fsp3) is 0.381. The summed E-state index contributed by atoms with van der Waals surface area (Å²) in [5.74, 6) is -0.0502. The molecule has 122 valence electrons. The molecule has 2 aromatic carbocycles. The van der Waals surface area contributed by atoms with Crippen molar-refractivity contribution in [2.75, 3.05) is 5.32 Å². The van der Waals surface area contributed by atoms with Gasteiger partial charge in [0.1, 0.15) is 0 Å². The van der Waals surface area contributed by atoms with Crippen molar-refractivity contribution >= 4 is 11.6 Å². The molecule has 0 aromatic heterocycles. The van der Waals surface area contributed by atoms with E-state index in [4.69, 9.17) is 0 Å². The molecule has 0 radical (unpaired) electrons. The van der Waals surface area contributed by atoms with Crippen molar-refractivity contribution in [2.45, 2.75) is 47.0 Å². The fourth-order valence-electron chi connectivity index (χ4n) is 3.07. The van der Waals surface area contributed by atoms with Crippen LogP contribution in [0.15, 0.2) is 48.5 Å². The van der Waals surface area contributed by atoms with Crippen LogP contribution in [0, 0.1) is 12.3 Å². The summed E-state index contributed by atoms with van der Waals surface area (Å²) in [7, 11) is 0. The minimum atomic E-state index is -0.0502. The van der Waals surface area contributed by atoms with Crippen LogP contribution in [-0.4, -0.2) is 5.91 Å². The van der Waals surface area contributed by atoms with Crippen molar-refractivity contribution in [1.29, 1.82) is 0 Å². The molecular weight excluding hydrogens is 282 g/mol. The second-order valence-electron chi connectivity index (χ2n) is 7.11. The zero-order valence-electron chi connectivity index (χ0n) is 14.6. The maximum Gasteiger partial charge on any atom is 0.255 e. The van der Waals surface area contributed by atoms with Crippen molar-refractivity contribution in [3.63, 3.8) is 0 Å². The Bertz CT molecular complexity index is 673. The third-order valence-electron chi connectivity index (χ3n) is 4.07. The van der Waals surface area contributed by atoms with Gasteiger partial charge >= 0.3 is 0 Å². The molecule has 0 saturated carbocycles. The molecule has 0 saturated heterocycles. The van der Waals surface area contributed by atoms with Gasteiger partial charge in [0.05, 0.1) is 0 Å². The summed E-state index contributed by atoms with van der Waals surface area (Å²) in [5.41, 5.74) is 4.18. The summed E-state index contributed by atoms with van der Waals surface area (Å²) >= 11 is 0. The number of hydrogen-bond acceptors (Lipinski definition) is 1. The van der Waals surface area contributed by atoms with E-state index in [0.717, 1.165) is 23.2 Å². The first kappa shape index (κ1) is 17.3. The predicted molar refractivity (Wildman–Crippen MR) is 98.0 cm³/mol. The van der Waals surface area contributed by atoms with E-state index in [2.05, 4.69) is 32.2 Å². The average Bonchev–Trinajstić information content (AvgIpc) is 2.47. The molecule has 2 aromatic rings. The Morgan fingerprint density at radius 1 is 1.09 bits per heavy atom. The molecule has 0 heterocycles. The van der Waals surface area contributed by atoms with Crippen LogP contribution >= 0.6 is 0 Å². The van der Waals surface area contributed by atoms with Gasteiger partial charge in [-0.15, -0.1) is 0 Å². The van der Waals surface area contributed by atoms with Gasteiger partial charge in [-0.2, -0.15) is 0 Å². The Labute approximate surface area is 139 Å². The first-order valence-electron chi connectivity index (χ1n) is 8.36. The van der Waals surface area contributed by atoms with Crippen molar-refractivity contribution in [3.8, 4) is 0 Å². The van der Waals surface area contributed by atoms with Crippen LogP contribution in [-0.2, 0) is 6.42 Å². The highest BCUT2D eigenvalue weighted by Crippen LogP contribution is 2.27. The average molecular weight is 309 g/mol. The Morgan fingerprint density at radius 2 is 1.83 bits per heavy atom. The van der Waals surface area contributed by atoms with Crippen LogP contribution in [0.5, 0.6) is 0 Å². The summed E-state index contributed by atoms with van der Waals surface area (Å²) in [5, 5.41) is 2.98. The first-order valence-corrected chi connectivity index (χ1v) is 8.36. The zero-order valence-corrected chi connectivity index (χ0v) is 14.6. The van der Waals surface area contributed by atoms with Crippen LogP contribution in [0.1, 0.15) is 55.1 Å². The van der Waals surface area contributed by atoms with Crippen molar-refractivity contribution in [3.05, 3.63) is 65.2 Å². The number of amides is 1. The molecule has 1 amide bonds. The van der Waals surface area contributed by atoms with Crippen LogP contribution in [0.4, 0.5) is 5.69 Å². The van der Waals surface area contributed by atoms with Crippen molar-refractivity contribution in [2.24, 2.45) is 5.41 Å². The minimum Gasteiger partial charge on any atom is -0.322 e. The van der Waals surface area contributed by atoms with E-state index < -0.39 is 0 Å². The lowest BCUT2D eigenvalue weighted by Gasteiger charge is -2.24. The fourth-order valence-corrected chi connectivity index (χ4v) is 3.07. The van der Waals surface area contributed by atoms with Gasteiger partial charge in [-0.3, -0.25) is 4.79 Å². The van der Waals surface area contributed by atoms with Gasteiger partial charge in [-0.05, 0) is 60.6 Å². The highest BCUT2D eigenvalue weighted by Gasteiger charge is 2.18. The summed E-state index contributed by atoms with van der Waals surface area (Å²) in [4.78, 5) is 12.5. The molecule has 1 N–H and O–H groups in total. The van der Waals surface area contributed by atoms with E-state index in [1.54, 1.807) is 0 Å². The Morgan fingerprint density at radius 3 is 2.52 bits per heavy atom. The van der Waals surface area contributed by atoms with Gasteiger partial charge in [-0.1, -0.05) is 51.5 Å². The summed E-state index contributed by atoms with van der Waals surface area (Å²) in [6.07, 6.45) is 3.36. The van der Waals surface area contributed by atoms with E-state index in [-0.39, 0.29) is 11.3 Å². The number of rotatable bonds is 6. The SMILES string of the molecule is CCCC(C)(C)Cc1cccc(C(=O)Nc2cccc(C)c2)c1. The Hall–Kier alpha value is -2.09. The number of anilines is 1. The Kier molecular flexibility index (Phi) is 5.59. The molecule has 0 bridgehead atoms. The minimum absolute atomic E-state index is 0.0502. The van der Waals surface area contributed by atoms with E-state index >= 15 is 0 Å². The number of carbonyl (C=O) groups excluding carboxylic acids is 1. The third-order valence-corrected chi connectivity index (χ3v) is 4.07. The molecule has 2 rings (SSSR count). The van der Waals surface area contributed by atoms with Crippen molar-refractivity contribution in [1.82, 2.24) is 0 Å². The van der Waals surface area contributed by atoms with Crippen LogP contribution in [0.25, 0.3) is 0 Å². The van der Waals surface area contributed by atoms with Crippen LogP contribution < -0.4 is 5.32 Å².